The molecule has 0 fully saturated rings. The summed E-state index contributed by atoms with van der Waals surface area (Å²) in [6.07, 6.45) is 1.09. The summed E-state index contributed by atoms with van der Waals surface area (Å²) >= 11 is 0. The van der Waals surface area contributed by atoms with Crippen LogP contribution in [0.3, 0.4) is 0 Å². The molecule has 1 aromatic heterocycles. The molecule has 24 heavy (non-hydrogen) atoms. The summed E-state index contributed by atoms with van der Waals surface area (Å²) < 4.78 is 11.6. The number of nitro groups is 2. The zero-order chi connectivity index (χ0) is 17.3. The minimum atomic E-state index is -0.622. The van der Waals surface area contributed by atoms with E-state index in [9.17, 15) is 25.0 Å². The lowest BCUT2D eigenvalue weighted by molar-refractivity contribution is -0.385. The zero-order valence-electron chi connectivity index (χ0n) is 12.2. The van der Waals surface area contributed by atoms with E-state index < -0.39 is 15.4 Å². The van der Waals surface area contributed by atoms with Crippen LogP contribution in [0.5, 0.6) is 5.75 Å². The van der Waals surface area contributed by atoms with E-state index in [1.165, 1.54) is 12.1 Å². The highest BCUT2D eigenvalue weighted by Crippen LogP contribution is 2.33. The summed E-state index contributed by atoms with van der Waals surface area (Å²) in [7, 11) is 0. The number of hydrogen-bond acceptors (Lipinski definition) is 7. The summed E-state index contributed by atoms with van der Waals surface area (Å²) in [5.74, 6) is 0.394. The SMILES string of the molecule is O=c1ccc([N+](=O)[O-])cn1Cc1cc([N+](=O)[O-])cc2c1OCOC2. The molecule has 10 heteroatoms. The molecule has 0 spiro atoms. The van der Waals surface area contributed by atoms with Crippen molar-refractivity contribution >= 4 is 11.4 Å². The Kier molecular flexibility index (Phi) is 3.96. The number of fused-ring (bicyclic) bond motifs is 1. The molecule has 1 aliphatic rings. The number of non-ortho nitro benzene ring substituents is 1. The van der Waals surface area contributed by atoms with Gasteiger partial charge >= 0.3 is 0 Å². The second kappa shape index (κ2) is 6.08. The molecule has 10 nitrogen and oxygen atoms in total. The predicted molar refractivity (Wildman–Crippen MR) is 79.8 cm³/mol. The molecule has 0 unspecified atom stereocenters. The van der Waals surface area contributed by atoms with Crippen molar-refractivity contribution < 1.29 is 19.3 Å². The number of nitrogens with zero attached hydrogens (tertiary/aromatic N) is 3. The summed E-state index contributed by atoms with van der Waals surface area (Å²) in [5, 5.41) is 21.9. The van der Waals surface area contributed by atoms with Gasteiger partial charge in [0.1, 0.15) is 5.75 Å². The maximum absolute atomic E-state index is 11.9. The van der Waals surface area contributed by atoms with Crippen LogP contribution in [-0.2, 0) is 17.9 Å². The van der Waals surface area contributed by atoms with Crippen molar-refractivity contribution in [3.05, 3.63) is 72.2 Å². The molecule has 0 atom stereocenters. The van der Waals surface area contributed by atoms with Crippen LogP contribution in [0.25, 0.3) is 0 Å². The van der Waals surface area contributed by atoms with Gasteiger partial charge in [0, 0.05) is 35.4 Å². The number of rotatable bonds is 4. The van der Waals surface area contributed by atoms with E-state index in [-0.39, 0.29) is 31.3 Å². The van der Waals surface area contributed by atoms with Crippen LogP contribution in [0.1, 0.15) is 11.1 Å². The predicted octanol–water partition coefficient (Wildman–Crippen LogP) is 1.58. The summed E-state index contributed by atoms with van der Waals surface area (Å²) in [5.41, 5.74) is -0.0172. The molecule has 0 aliphatic carbocycles. The minimum Gasteiger partial charge on any atom is -0.467 e. The molecule has 0 saturated heterocycles. The average molecular weight is 333 g/mol. The second-order valence-electron chi connectivity index (χ2n) is 5.07. The van der Waals surface area contributed by atoms with Crippen molar-refractivity contribution in [2.75, 3.05) is 6.79 Å². The van der Waals surface area contributed by atoms with Gasteiger partial charge in [-0.05, 0) is 0 Å². The molecule has 3 rings (SSSR count). The third-order valence-electron chi connectivity index (χ3n) is 3.50. The van der Waals surface area contributed by atoms with Crippen LogP contribution in [0.4, 0.5) is 11.4 Å². The van der Waals surface area contributed by atoms with E-state index in [4.69, 9.17) is 9.47 Å². The van der Waals surface area contributed by atoms with E-state index in [0.717, 1.165) is 22.9 Å². The maximum atomic E-state index is 11.9. The molecule has 0 N–H and O–H groups in total. The fourth-order valence-electron chi connectivity index (χ4n) is 2.44. The zero-order valence-corrected chi connectivity index (χ0v) is 12.2. The van der Waals surface area contributed by atoms with Crippen molar-refractivity contribution in [2.24, 2.45) is 0 Å². The lowest BCUT2D eigenvalue weighted by atomic mass is 10.1. The number of benzene rings is 1. The van der Waals surface area contributed by atoms with Gasteiger partial charge in [0.25, 0.3) is 16.9 Å². The Labute approximate surface area is 134 Å². The van der Waals surface area contributed by atoms with Crippen LogP contribution < -0.4 is 10.3 Å². The molecular formula is C14H11N3O7. The van der Waals surface area contributed by atoms with Gasteiger partial charge in [-0.15, -0.1) is 0 Å². The largest absolute Gasteiger partial charge is 0.467 e. The highest BCUT2D eigenvalue weighted by atomic mass is 16.7. The van der Waals surface area contributed by atoms with E-state index in [2.05, 4.69) is 0 Å². The molecule has 1 aromatic carbocycles. The Morgan fingerprint density at radius 2 is 1.88 bits per heavy atom. The van der Waals surface area contributed by atoms with E-state index in [0.29, 0.717) is 16.9 Å². The lowest BCUT2D eigenvalue weighted by Crippen LogP contribution is -2.21. The summed E-state index contributed by atoms with van der Waals surface area (Å²) in [6.45, 7) is 0.0417. The second-order valence-corrected chi connectivity index (χ2v) is 5.07. The first-order valence-electron chi connectivity index (χ1n) is 6.81. The van der Waals surface area contributed by atoms with E-state index in [1.807, 2.05) is 0 Å². The highest BCUT2D eigenvalue weighted by molar-refractivity contribution is 5.50. The van der Waals surface area contributed by atoms with Gasteiger partial charge in [0.05, 0.1) is 29.2 Å². The number of hydrogen-bond donors (Lipinski definition) is 0. The maximum Gasteiger partial charge on any atom is 0.285 e. The van der Waals surface area contributed by atoms with Crippen molar-refractivity contribution in [3.63, 3.8) is 0 Å². The van der Waals surface area contributed by atoms with Gasteiger partial charge in [-0.2, -0.15) is 0 Å². The number of nitro benzene ring substituents is 1. The molecule has 0 amide bonds. The third-order valence-corrected chi connectivity index (χ3v) is 3.50. The third kappa shape index (κ3) is 2.94. The summed E-state index contributed by atoms with van der Waals surface area (Å²) in [4.78, 5) is 32.7. The Bertz CT molecular complexity index is 890. The van der Waals surface area contributed by atoms with Gasteiger partial charge < -0.3 is 14.0 Å². The van der Waals surface area contributed by atoms with Crippen LogP contribution in [0.2, 0.25) is 0 Å². The molecule has 0 bridgehead atoms. The first kappa shape index (κ1) is 15.6. The number of aromatic nitrogens is 1. The van der Waals surface area contributed by atoms with Gasteiger partial charge in [0.15, 0.2) is 6.79 Å². The first-order chi connectivity index (χ1) is 11.5. The monoisotopic (exact) mass is 333 g/mol. The van der Waals surface area contributed by atoms with Gasteiger partial charge in [0.2, 0.25) is 0 Å². The molecule has 2 heterocycles. The van der Waals surface area contributed by atoms with Crippen LogP contribution in [0, 0.1) is 20.2 Å². The van der Waals surface area contributed by atoms with Crippen LogP contribution >= 0.6 is 0 Å². The highest BCUT2D eigenvalue weighted by Gasteiger charge is 2.21. The van der Waals surface area contributed by atoms with Crippen molar-refractivity contribution in [3.8, 4) is 5.75 Å². The quantitative estimate of drug-likeness (QED) is 0.614. The Morgan fingerprint density at radius 3 is 2.58 bits per heavy atom. The van der Waals surface area contributed by atoms with Gasteiger partial charge in [-0.25, -0.2) is 0 Å². The molecule has 0 saturated carbocycles. The smallest absolute Gasteiger partial charge is 0.285 e. The first-order valence-corrected chi connectivity index (χ1v) is 6.81. The van der Waals surface area contributed by atoms with Crippen molar-refractivity contribution in [1.82, 2.24) is 4.57 Å². The molecule has 2 aromatic rings. The lowest BCUT2D eigenvalue weighted by Gasteiger charge is -2.20. The average Bonchev–Trinajstić information content (AvgIpc) is 2.56. The number of ether oxygens (including phenoxy) is 2. The number of pyridine rings is 1. The summed E-state index contributed by atoms with van der Waals surface area (Å²) in [6, 6.07) is 4.81. The Morgan fingerprint density at radius 1 is 1.12 bits per heavy atom. The minimum absolute atomic E-state index is 0.0123. The molecule has 0 radical (unpaired) electrons. The van der Waals surface area contributed by atoms with Crippen molar-refractivity contribution in [1.29, 1.82) is 0 Å². The van der Waals surface area contributed by atoms with Gasteiger partial charge in [-0.3, -0.25) is 25.0 Å². The van der Waals surface area contributed by atoms with E-state index in [1.54, 1.807) is 0 Å². The standard InChI is InChI=1S/C14H11N3O7/c18-13-2-1-11(16(19)20)6-15(13)5-9-3-12(17(21)22)4-10-7-23-8-24-14(9)10/h1-4,6H,5,7-8H2. The molecule has 1 aliphatic heterocycles. The Balaban J connectivity index is 2.08. The fraction of sp³-hybridized carbons (Fsp3) is 0.214. The topological polar surface area (TPSA) is 127 Å². The van der Waals surface area contributed by atoms with E-state index >= 15 is 0 Å². The normalized spacial score (nSPS) is 13.0. The Hall–Kier alpha value is -3.27. The fourth-order valence-corrected chi connectivity index (χ4v) is 2.44. The molecular weight excluding hydrogens is 322 g/mol. The van der Waals surface area contributed by atoms with Crippen LogP contribution in [0.15, 0.2) is 35.3 Å². The van der Waals surface area contributed by atoms with Crippen LogP contribution in [-0.4, -0.2) is 21.2 Å². The van der Waals surface area contributed by atoms with Crippen molar-refractivity contribution in [2.45, 2.75) is 13.2 Å². The molecule has 124 valence electrons. The van der Waals surface area contributed by atoms with Gasteiger partial charge in [-0.1, -0.05) is 0 Å².